The Morgan fingerprint density at radius 2 is 2.28 bits per heavy atom. The quantitative estimate of drug-likeness (QED) is 0.785. The Hall–Kier alpha value is -2.90. The van der Waals surface area contributed by atoms with Crippen molar-refractivity contribution < 1.29 is 9.32 Å². The van der Waals surface area contributed by atoms with E-state index in [1.54, 1.807) is 23.2 Å². The molecule has 4 rings (SSSR count). The SMILES string of the molecule is CCc1cc(C(=O)N2CCCC[C@@H]2c2cc(=O)n3[nH]ccc3n2)no1. The van der Waals surface area contributed by atoms with Crippen molar-refractivity contribution in [3.63, 3.8) is 0 Å². The van der Waals surface area contributed by atoms with Crippen molar-refractivity contribution in [2.45, 2.75) is 38.6 Å². The number of fused-ring (bicyclic) bond motifs is 1. The third-order valence-electron chi connectivity index (χ3n) is 4.63. The summed E-state index contributed by atoms with van der Waals surface area (Å²) in [4.78, 5) is 31.5. The predicted octanol–water partition coefficient (Wildman–Crippen LogP) is 1.94. The summed E-state index contributed by atoms with van der Waals surface area (Å²) in [6.07, 6.45) is 5.04. The average Bonchev–Trinajstić information content (AvgIpc) is 3.30. The number of nitrogens with one attached hydrogen (secondary N) is 1. The van der Waals surface area contributed by atoms with E-state index in [0.29, 0.717) is 35.8 Å². The molecule has 0 aromatic carbocycles. The number of carbonyl (C=O) groups is 1. The van der Waals surface area contributed by atoms with Gasteiger partial charge in [-0.2, -0.15) is 0 Å². The summed E-state index contributed by atoms with van der Waals surface area (Å²) in [7, 11) is 0. The molecule has 1 aliphatic heterocycles. The van der Waals surface area contributed by atoms with Crippen molar-refractivity contribution in [3.05, 3.63) is 51.9 Å². The molecule has 130 valence electrons. The van der Waals surface area contributed by atoms with Crippen molar-refractivity contribution in [3.8, 4) is 0 Å². The number of rotatable bonds is 3. The Bertz CT molecular complexity index is 970. The lowest BCUT2D eigenvalue weighted by atomic mass is 9.98. The largest absolute Gasteiger partial charge is 0.361 e. The highest BCUT2D eigenvalue weighted by Gasteiger charge is 2.31. The summed E-state index contributed by atoms with van der Waals surface area (Å²) in [6, 6.07) is 4.70. The lowest BCUT2D eigenvalue weighted by molar-refractivity contribution is 0.0595. The Morgan fingerprint density at radius 1 is 1.40 bits per heavy atom. The molecule has 1 fully saturated rings. The van der Waals surface area contributed by atoms with Crippen molar-refractivity contribution in [1.82, 2.24) is 24.7 Å². The first-order valence-corrected chi connectivity index (χ1v) is 8.51. The normalized spacial score (nSPS) is 18.0. The standard InChI is InChI=1S/C17H19N5O3/c1-2-11-9-13(20-25-11)17(24)21-8-4-3-5-14(21)12-10-16(23)22-15(19-12)6-7-18-22/h6-7,9-10,14,18H,2-5,8H2,1H3/t14-/m1/s1. The van der Waals surface area contributed by atoms with Crippen LogP contribution in [0.5, 0.6) is 0 Å². The Labute approximate surface area is 143 Å². The van der Waals surface area contributed by atoms with Crippen LogP contribution >= 0.6 is 0 Å². The molecule has 1 saturated heterocycles. The Morgan fingerprint density at radius 3 is 3.08 bits per heavy atom. The second-order valence-electron chi connectivity index (χ2n) is 6.22. The second kappa shape index (κ2) is 6.19. The van der Waals surface area contributed by atoms with Crippen LogP contribution in [-0.4, -0.2) is 37.1 Å². The van der Waals surface area contributed by atoms with Gasteiger partial charge >= 0.3 is 0 Å². The fraction of sp³-hybridized carbons (Fsp3) is 0.412. The third kappa shape index (κ3) is 2.73. The number of hydrogen-bond donors (Lipinski definition) is 1. The number of piperidine rings is 1. The van der Waals surface area contributed by atoms with Crippen LogP contribution in [0.25, 0.3) is 5.65 Å². The highest BCUT2D eigenvalue weighted by Crippen LogP contribution is 2.30. The molecule has 1 N–H and O–H groups in total. The molecule has 1 amide bonds. The number of aromatic amines is 1. The van der Waals surface area contributed by atoms with Gasteiger partial charge in [-0.05, 0) is 19.3 Å². The van der Waals surface area contributed by atoms with Gasteiger partial charge in [-0.3, -0.25) is 14.7 Å². The molecule has 0 bridgehead atoms. The van der Waals surface area contributed by atoms with E-state index in [-0.39, 0.29) is 17.5 Å². The highest BCUT2D eigenvalue weighted by atomic mass is 16.5. The number of likely N-dealkylation sites (tertiary alicyclic amines) is 1. The second-order valence-corrected chi connectivity index (χ2v) is 6.22. The van der Waals surface area contributed by atoms with E-state index in [9.17, 15) is 9.59 Å². The van der Waals surface area contributed by atoms with Crippen LogP contribution in [0.3, 0.4) is 0 Å². The first-order valence-electron chi connectivity index (χ1n) is 8.51. The molecule has 8 heteroatoms. The molecule has 0 saturated carbocycles. The zero-order valence-corrected chi connectivity index (χ0v) is 13.9. The smallest absolute Gasteiger partial charge is 0.276 e. The van der Waals surface area contributed by atoms with Crippen LogP contribution in [0.1, 0.15) is 54.2 Å². The molecular formula is C17H19N5O3. The van der Waals surface area contributed by atoms with E-state index in [0.717, 1.165) is 19.3 Å². The van der Waals surface area contributed by atoms with E-state index in [4.69, 9.17) is 4.52 Å². The zero-order valence-electron chi connectivity index (χ0n) is 13.9. The number of H-pyrrole nitrogens is 1. The van der Waals surface area contributed by atoms with Gasteiger partial charge in [0.05, 0.1) is 11.7 Å². The van der Waals surface area contributed by atoms with Gasteiger partial charge in [0.1, 0.15) is 5.76 Å². The van der Waals surface area contributed by atoms with Gasteiger partial charge in [-0.1, -0.05) is 12.1 Å². The topological polar surface area (TPSA) is 96.5 Å². The van der Waals surface area contributed by atoms with E-state index in [1.165, 1.54) is 10.6 Å². The van der Waals surface area contributed by atoms with Crippen LogP contribution in [0.15, 0.2) is 33.7 Å². The van der Waals surface area contributed by atoms with E-state index < -0.39 is 0 Å². The molecular weight excluding hydrogens is 322 g/mol. The van der Waals surface area contributed by atoms with Gasteiger partial charge < -0.3 is 9.42 Å². The number of aryl methyl sites for hydroxylation is 1. The molecule has 0 aliphatic carbocycles. The molecule has 3 aromatic rings. The van der Waals surface area contributed by atoms with Crippen LogP contribution in [-0.2, 0) is 6.42 Å². The van der Waals surface area contributed by atoms with E-state index >= 15 is 0 Å². The lowest BCUT2D eigenvalue weighted by Gasteiger charge is -2.34. The predicted molar refractivity (Wildman–Crippen MR) is 89.3 cm³/mol. The van der Waals surface area contributed by atoms with E-state index in [2.05, 4.69) is 15.2 Å². The van der Waals surface area contributed by atoms with Gasteiger partial charge in [0.25, 0.3) is 11.5 Å². The van der Waals surface area contributed by atoms with Crippen molar-refractivity contribution >= 4 is 11.6 Å². The number of carbonyl (C=O) groups excluding carboxylic acids is 1. The van der Waals surface area contributed by atoms with Crippen molar-refractivity contribution in [1.29, 1.82) is 0 Å². The number of aromatic nitrogens is 4. The van der Waals surface area contributed by atoms with Gasteiger partial charge in [-0.15, -0.1) is 0 Å². The van der Waals surface area contributed by atoms with Crippen LogP contribution in [0.2, 0.25) is 0 Å². The first kappa shape index (κ1) is 15.6. The third-order valence-corrected chi connectivity index (χ3v) is 4.63. The molecule has 8 nitrogen and oxygen atoms in total. The Balaban J connectivity index is 1.70. The first-order chi connectivity index (χ1) is 12.2. The van der Waals surface area contributed by atoms with Crippen LogP contribution in [0.4, 0.5) is 0 Å². The summed E-state index contributed by atoms with van der Waals surface area (Å²) in [6.45, 7) is 2.56. The van der Waals surface area contributed by atoms with Crippen molar-refractivity contribution in [2.75, 3.05) is 6.54 Å². The van der Waals surface area contributed by atoms with Crippen LogP contribution in [0, 0.1) is 0 Å². The number of amides is 1. The summed E-state index contributed by atoms with van der Waals surface area (Å²) in [5, 5.41) is 6.72. The van der Waals surface area contributed by atoms with Gasteiger partial charge in [-0.25, -0.2) is 9.50 Å². The molecule has 0 spiro atoms. The fourth-order valence-electron chi connectivity index (χ4n) is 3.33. The molecule has 1 aliphatic rings. The maximum absolute atomic E-state index is 12.9. The summed E-state index contributed by atoms with van der Waals surface area (Å²) in [5.41, 5.74) is 1.30. The molecule has 25 heavy (non-hydrogen) atoms. The summed E-state index contributed by atoms with van der Waals surface area (Å²) in [5.74, 6) is 0.506. The van der Waals surface area contributed by atoms with Gasteiger partial charge in [0.15, 0.2) is 11.3 Å². The number of nitrogens with zero attached hydrogens (tertiary/aromatic N) is 4. The minimum Gasteiger partial charge on any atom is -0.361 e. The molecule has 4 heterocycles. The highest BCUT2D eigenvalue weighted by molar-refractivity contribution is 5.92. The molecule has 0 unspecified atom stereocenters. The Kier molecular flexibility index (Phi) is 3.87. The number of hydrogen-bond acceptors (Lipinski definition) is 5. The summed E-state index contributed by atoms with van der Waals surface area (Å²) >= 11 is 0. The minimum atomic E-state index is -0.226. The fourth-order valence-corrected chi connectivity index (χ4v) is 3.33. The summed E-state index contributed by atoms with van der Waals surface area (Å²) < 4.78 is 6.54. The maximum Gasteiger partial charge on any atom is 0.276 e. The average molecular weight is 341 g/mol. The van der Waals surface area contributed by atoms with Crippen LogP contribution < -0.4 is 5.56 Å². The zero-order chi connectivity index (χ0) is 17.4. The van der Waals surface area contributed by atoms with Crippen molar-refractivity contribution in [2.24, 2.45) is 0 Å². The van der Waals surface area contributed by atoms with Gasteiger partial charge in [0.2, 0.25) is 0 Å². The maximum atomic E-state index is 12.9. The van der Waals surface area contributed by atoms with E-state index in [1.807, 2.05) is 6.92 Å². The minimum absolute atomic E-state index is 0.177. The lowest BCUT2D eigenvalue weighted by Crippen LogP contribution is -2.39. The molecule has 1 atom stereocenters. The molecule has 0 radical (unpaired) electrons. The molecule has 3 aromatic heterocycles. The van der Waals surface area contributed by atoms with Gasteiger partial charge in [0, 0.05) is 37.4 Å². The monoisotopic (exact) mass is 341 g/mol.